The number of carbonyl (C=O) groups is 3. The number of ketones is 1. The molecule has 0 aromatic heterocycles. The zero-order chi connectivity index (χ0) is 15.9. The molecule has 0 bridgehead atoms. The van der Waals surface area contributed by atoms with Crippen LogP contribution in [-0.2, 0) is 14.4 Å². The van der Waals surface area contributed by atoms with Crippen LogP contribution in [0.5, 0.6) is 0 Å². The van der Waals surface area contributed by atoms with Crippen molar-refractivity contribution < 1.29 is 14.4 Å². The van der Waals surface area contributed by atoms with Gasteiger partial charge in [-0.25, -0.2) is 0 Å². The summed E-state index contributed by atoms with van der Waals surface area (Å²) in [7, 11) is 1.54. The molecule has 0 rings (SSSR count). The summed E-state index contributed by atoms with van der Waals surface area (Å²) in [6, 6.07) is -0.625. The van der Waals surface area contributed by atoms with E-state index in [2.05, 4.69) is 23.3 Å². The molecule has 5 nitrogen and oxygen atoms in total. The predicted octanol–water partition coefficient (Wildman–Crippen LogP) is 1.18. The largest absolute Gasteiger partial charge is 0.357 e. The molecule has 1 unspecified atom stereocenters. The molecule has 2 amide bonds. The molecule has 0 aromatic carbocycles. The first kappa shape index (κ1) is 19.0. The molecule has 0 radical (unpaired) electrons. The van der Waals surface area contributed by atoms with Crippen molar-refractivity contribution in [2.24, 2.45) is 11.3 Å². The third kappa shape index (κ3) is 5.94. The summed E-state index contributed by atoms with van der Waals surface area (Å²) in [6.45, 7) is 7.50. The van der Waals surface area contributed by atoms with E-state index in [1.54, 1.807) is 0 Å². The van der Waals surface area contributed by atoms with Crippen LogP contribution in [0.4, 0.5) is 0 Å². The molecule has 0 aliphatic rings. The van der Waals surface area contributed by atoms with E-state index in [9.17, 15) is 14.4 Å². The molecule has 0 spiro atoms. The molecule has 2 atom stereocenters. The molecule has 0 saturated carbocycles. The van der Waals surface area contributed by atoms with Crippen molar-refractivity contribution >= 4 is 30.2 Å². The van der Waals surface area contributed by atoms with Gasteiger partial charge in [-0.15, -0.1) is 0 Å². The van der Waals surface area contributed by atoms with Crippen LogP contribution in [0.2, 0.25) is 0 Å². The molecule has 0 aliphatic heterocycles. The lowest BCUT2D eigenvalue weighted by Gasteiger charge is -2.31. The predicted molar refractivity (Wildman–Crippen MR) is 82.7 cm³/mol. The standard InChI is InChI=1S/C14H26N2O3S/c1-6-9(7-10(17)8-20)12(18)16-11(13(19)15-5)14(2,3)4/h9,11,20H,6-8H2,1-5H3,(H,15,19)(H,16,18)/t9-,11?/m1/s1. The molecule has 0 saturated heterocycles. The summed E-state index contributed by atoms with van der Waals surface area (Å²) < 4.78 is 0. The minimum atomic E-state index is -0.625. The van der Waals surface area contributed by atoms with E-state index in [-0.39, 0.29) is 29.8 Å². The van der Waals surface area contributed by atoms with E-state index in [0.29, 0.717) is 6.42 Å². The molecular formula is C14H26N2O3S. The molecule has 2 N–H and O–H groups in total. The van der Waals surface area contributed by atoms with Crippen molar-refractivity contribution in [3.8, 4) is 0 Å². The maximum absolute atomic E-state index is 12.2. The summed E-state index contributed by atoms with van der Waals surface area (Å²) >= 11 is 3.92. The van der Waals surface area contributed by atoms with Gasteiger partial charge in [0, 0.05) is 25.1 Å². The van der Waals surface area contributed by atoms with Crippen LogP contribution in [0.25, 0.3) is 0 Å². The molecule has 0 aliphatic carbocycles. The van der Waals surface area contributed by atoms with Gasteiger partial charge in [0.25, 0.3) is 0 Å². The third-order valence-corrected chi connectivity index (χ3v) is 3.53. The van der Waals surface area contributed by atoms with Crippen LogP contribution < -0.4 is 10.6 Å². The van der Waals surface area contributed by atoms with Crippen molar-refractivity contribution in [2.75, 3.05) is 12.8 Å². The lowest BCUT2D eigenvalue weighted by Crippen LogP contribution is -2.54. The fraction of sp³-hybridized carbons (Fsp3) is 0.786. The zero-order valence-corrected chi connectivity index (χ0v) is 13.8. The summed E-state index contributed by atoms with van der Waals surface area (Å²) in [5, 5.41) is 5.31. The lowest BCUT2D eigenvalue weighted by molar-refractivity contribution is -0.134. The van der Waals surface area contributed by atoms with Crippen LogP contribution >= 0.6 is 12.6 Å². The second kappa shape index (κ2) is 8.29. The van der Waals surface area contributed by atoms with Gasteiger partial charge in [0.1, 0.15) is 11.8 Å². The Labute approximate surface area is 126 Å². The Kier molecular flexibility index (Phi) is 7.86. The molecule has 116 valence electrons. The highest BCUT2D eigenvalue weighted by Crippen LogP contribution is 2.20. The van der Waals surface area contributed by atoms with Crippen molar-refractivity contribution in [1.29, 1.82) is 0 Å². The topological polar surface area (TPSA) is 75.3 Å². The highest BCUT2D eigenvalue weighted by molar-refractivity contribution is 7.81. The molecule has 0 fully saturated rings. The minimum Gasteiger partial charge on any atom is -0.357 e. The second-order valence-corrected chi connectivity index (χ2v) is 6.24. The number of hydrogen-bond donors (Lipinski definition) is 3. The number of rotatable bonds is 7. The van der Waals surface area contributed by atoms with Gasteiger partial charge in [0.15, 0.2) is 0 Å². The van der Waals surface area contributed by atoms with Gasteiger partial charge in [-0.2, -0.15) is 12.6 Å². The molecule has 0 aromatic rings. The Morgan fingerprint density at radius 2 is 1.70 bits per heavy atom. The van der Waals surface area contributed by atoms with Gasteiger partial charge in [-0.1, -0.05) is 27.7 Å². The highest BCUT2D eigenvalue weighted by Gasteiger charge is 2.33. The van der Waals surface area contributed by atoms with Crippen molar-refractivity contribution in [3.05, 3.63) is 0 Å². The fourth-order valence-electron chi connectivity index (χ4n) is 1.84. The number of nitrogens with one attached hydrogen (secondary N) is 2. The van der Waals surface area contributed by atoms with E-state index in [4.69, 9.17) is 0 Å². The van der Waals surface area contributed by atoms with E-state index in [1.807, 2.05) is 27.7 Å². The second-order valence-electron chi connectivity index (χ2n) is 5.93. The Morgan fingerprint density at radius 1 is 1.15 bits per heavy atom. The molecule has 0 heterocycles. The molecular weight excluding hydrogens is 276 g/mol. The Bertz CT molecular complexity index is 364. The first-order valence-corrected chi connectivity index (χ1v) is 7.45. The quantitative estimate of drug-likeness (QED) is 0.618. The Balaban J connectivity index is 4.89. The van der Waals surface area contributed by atoms with Gasteiger partial charge in [-0.3, -0.25) is 14.4 Å². The number of carbonyl (C=O) groups excluding carboxylic acids is 3. The number of Topliss-reactive ketones (excluding diaryl/α,β-unsaturated/α-hetero) is 1. The Hall–Kier alpha value is -1.04. The first-order chi connectivity index (χ1) is 9.17. The van der Waals surface area contributed by atoms with Crippen molar-refractivity contribution in [3.63, 3.8) is 0 Å². The molecule has 20 heavy (non-hydrogen) atoms. The van der Waals surface area contributed by atoms with Gasteiger partial charge >= 0.3 is 0 Å². The van der Waals surface area contributed by atoms with E-state index in [0.717, 1.165) is 0 Å². The summed E-state index contributed by atoms with van der Waals surface area (Å²) in [5.41, 5.74) is -0.401. The maximum Gasteiger partial charge on any atom is 0.242 e. The average Bonchev–Trinajstić information content (AvgIpc) is 2.39. The smallest absolute Gasteiger partial charge is 0.242 e. The number of hydrogen-bond acceptors (Lipinski definition) is 4. The number of thiol groups is 1. The van der Waals surface area contributed by atoms with Gasteiger partial charge in [-0.05, 0) is 11.8 Å². The average molecular weight is 302 g/mol. The summed E-state index contributed by atoms with van der Waals surface area (Å²) in [4.78, 5) is 35.5. The number of amides is 2. The zero-order valence-electron chi connectivity index (χ0n) is 12.9. The lowest BCUT2D eigenvalue weighted by atomic mass is 9.85. The van der Waals surface area contributed by atoms with Crippen LogP contribution in [0, 0.1) is 11.3 Å². The molecule has 6 heteroatoms. The third-order valence-electron chi connectivity index (χ3n) is 3.18. The summed E-state index contributed by atoms with van der Waals surface area (Å²) in [6.07, 6.45) is 0.715. The SMILES string of the molecule is CC[C@H](CC(=O)CS)C(=O)NC(C(=O)NC)C(C)(C)C. The fourth-order valence-corrected chi connectivity index (χ4v) is 1.97. The van der Waals surface area contributed by atoms with Crippen molar-refractivity contribution in [2.45, 2.75) is 46.6 Å². The first-order valence-electron chi connectivity index (χ1n) is 6.81. The highest BCUT2D eigenvalue weighted by atomic mass is 32.1. The van der Waals surface area contributed by atoms with Gasteiger partial charge in [0.05, 0.1) is 0 Å². The minimum absolute atomic E-state index is 0.0671. The summed E-state index contributed by atoms with van der Waals surface area (Å²) in [5.74, 6) is -0.846. The van der Waals surface area contributed by atoms with Crippen LogP contribution in [-0.4, -0.2) is 36.4 Å². The maximum atomic E-state index is 12.2. The number of likely N-dealkylation sites (N-methyl/N-ethyl adjacent to an activating group) is 1. The van der Waals surface area contributed by atoms with E-state index < -0.39 is 17.4 Å². The van der Waals surface area contributed by atoms with E-state index in [1.165, 1.54) is 7.05 Å². The van der Waals surface area contributed by atoms with E-state index >= 15 is 0 Å². The monoisotopic (exact) mass is 302 g/mol. The van der Waals surface area contributed by atoms with Gasteiger partial charge < -0.3 is 10.6 Å². The van der Waals surface area contributed by atoms with Crippen LogP contribution in [0.1, 0.15) is 40.5 Å². The van der Waals surface area contributed by atoms with Crippen molar-refractivity contribution in [1.82, 2.24) is 10.6 Å². The Morgan fingerprint density at radius 3 is 2.05 bits per heavy atom. The van der Waals surface area contributed by atoms with Crippen LogP contribution in [0.15, 0.2) is 0 Å². The normalized spacial score (nSPS) is 14.3. The van der Waals surface area contributed by atoms with Gasteiger partial charge in [0.2, 0.25) is 11.8 Å². The van der Waals surface area contributed by atoms with Crippen LogP contribution in [0.3, 0.4) is 0 Å².